The molecule has 0 unspecified atom stereocenters. The Morgan fingerprint density at radius 2 is 1.46 bits per heavy atom. The first-order chi connectivity index (χ1) is 10.1. The zero-order valence-corrected chi connectivity index (χ0v) is 15.3. The van der Waals surface area contributed by atoms with Crippen LogP contribution in [-0.4, -0.2) is 20.6 Å². The normalized spacial score (nSPS) is 16.2. The second kappa shape index (κ2) is 5.78. The van der Waals surface area contributed by atoms with Crippen LogP contribution in [0.25, 0.3) is 0 Å². The van der Waals surface area contributed by atoms with E-state index in [-0.39, 0.29) is 5.54 Å². The number of aromatic nitrogens is 4. The summed E-state index contributed by atoms with van der Waals surface area (Å²) in [5.74, 6) is 0.886. The average Bonchev–Trinajstić information content (AvgIpc) is 2.51. The molecule has 0 aromatic carbocycles. The molecule has 0 saturated heterocycles. The van der Waals surface area contributed by atoms with Crippen molar-refractivity contribution in [2.24, 2.45) is 24.4 Å². The van der Waals surface area contributed by atoms with Crippen LogP contribution in [0.3, 0.4) is 0 Å². The zero-order valence-electron chi connectivity index (χ0n) is 14.4. The Balaban J connectivity index is 0.000000640. The Morgan fingerprint density at radius 1 is 1.04 bits per heavy atom. The predicted molar refractivity (Wildman–Crippen MR) is 76.5 cm³/mol. The number of rotatable bonds is 3. The van der Waals surface area contributed by atoms with Crippen LogP contribution in [0.4, 0.5) is 25.2 Å². The molecular weight excluding hydrogens is 363 g/mol. The molecule has 0 radical (unpaired) electrons. The van der Waals surface area contributed by atoms with Gasteiger partial charge in [-0.15, -0.1) is 4.68 Å². The van der Waals surface area contributed by atoms with E-state index in [9.17, 15) is 25.2 Å². The third kappa shape index (κ3) is 12.0. The van der Waals surface area contributed by atoms with Crippen molar-refractivity contribution in [1.29, 1.82) is 0 Å². The molecule has 24 heavy (non-hydrogen) atoms. The first-order valence-corrected chi connectivity index (χ1v) is 8.63. The second-order valence-corrected chi connectivity index (χ2v) is 8.55. The Kier molecular flexibility index (Phi) is 5.41. The Morgan fingerprint density at radius 3 is 1.75 bits per heavy atom. The summed E-state index contributed by atoms with van der Waals surface area (Å²) in [7, 11) is -6.97. The van der Waals surface area contributed by atoms with Crippen LogP contribution >= 0.6 is 7.81 Å². The molecule has 1 heterocycles. The minimum atomic E-state index is -10.7. The van der Waals surface area contributed by atoms with E-state index >= 15 is 0 Å². The van der Waals surface area contributed by atoms with Gasteiger partial charge in [0.25, 0.3) is 5.82 Å². The molecule has 1 N–H and O–H groups in total. The number of hydrogen-bond acceptors (Lipinski definition) is 4. The Bertz CT molecular complexity index is 568. The number of halogens is 6. The zero-order chi connectivity index (χ0) is 19.7. The van der Waals surface area contributed by atoms with E-state index < -0.39 is 13.3 Å². The third-order valence-corrected chi connectivity index (χ3v) is 2.15. The molecule has 1 aromatic rings. The van der Waals surface area contributed by atoms with Gasteiger partial charge in [-0.3, -0.25) is 5.43 Å². The number of nitrogens with one attached hydrogen (secondary N) is 1. The molecule has 0 spiro atoms. The maximum absolute atomic E-state index is 10.7. The molecule has 0 bridgehead atoms. The summed E-state index contributed by atoms with van der Waals surface area (Å²) in [6, 6.07) is 0. The maximum atomic E-state index is 9.87. The Hall–Kier alpha value is -1.52. The van der Waals surface area contributed by atoms with E-state index in [1.165, 1.54) is 0 Å². The molecule has 144 valence electrons. The van der Waals surface area contributed by atoms with E-state index in [0.717, 1.165) is 5.82 Å². The summed E-state index contributed by atoms with van der Waals surface area (Å²) in [4.78, 5) is 0. The van der Waals surface area contributed by atoms with Gasteiger partial charge in [0.2, 0.25) is 0 Å². The van der Waals surface area contributed by atoms with Gasteiger partial charge in [0.1, 0.15) is 5.21 Å². The van der Waals surface area contributed by atoms with Gasteiger partial charge in [-0.1, -0.05) is 9.91 Å². The van der Waals surface area contributed by atoms with E-state index in [1.54, 1.807) is 9.36 Å². The standard InChI is InChI=1S/C10H22N7.F6P/c1-9(2,3)11-13-12-10(4,5)8-16(6)14-15-17(8)7;1-7(2,3,4,5)6/h1-7H3,(H,11,12);/q+1;-1. The molecule has 0 saturated carbocycles. The molecule has 14 heteroatoms. The van der Waals surface area contributed by atoms with E-state index in [2.05, 4.69) is 26.2 Å². The fourth-order valence-electron chi connectivity index (χ4n) is 1.55. The van der Waals surface area contributed by atoms with Gasteiger partial charge in [-0.05, 0) is 34.6 Å². The molecule has 0 atom stereocenters. The van der Waals surface area contributed by atoms with E-state index in [4.69, 9.17) is 0 Å². The molecule has 0 aliphatic carbocycles. The summed E-state index contributed by atoms with van der Waals surface area (Å²) >= 11 is 0. The monoisotopic (exact) mass is 385 g/mol. The topological polar surface area (TPSA) is 71.3 Å². The van der Waals surface area contributed by atoms with Gasteiger partial charge in [0, 0.05) is 5.54 Å². The molecule has 0 fully saturated rings. The molecule has 0 amide bonds. The van der Waals surface area contributed by atoms with Crippen LogP contribution in [0.2, 0.25) is 0 Å². The molecule has 1 aromatic heterocycles. The van der Waals surface area contributed by atoms with Crippen molar-refractivity contribution in [1.82, 2.24) is 20.5 Å². The van der Waals surface area contributed by atoms with Crippen molar-refractivity contribution >= 4 is 7.81 Å². The molecule has 0 aliphatic heterocycles. The molecule has 7 nitrogen and oxygen atoms in total. The fourth-order valence-corrected chi connectivity index (χ4v) is 1.55. The summed E-state index contributed by atoms with van der Waals surface area (Å²) in [6.45, 7) is 10.0. The van der Waals surface area contributed by atoms with Gasteiger partial charge in [-0.2, -0.15) is 5.11 Å². The fraction of sp³-hybridized carbons (Fsp3) is 0.900. The summed E-state index contributed by atoms with van der Waals surface area (Å²) < 4.78 is 62.6. The number of nitrogens with zero attached hydrogens (tertiary/aromatic N) is 6. The molecule has 1 rings (SSSR count). The number of aryl methyl sites for hydroxylation is 2. The quantitative estimate of drug-likeness (QED) is 0.281. The van der Waals surface area contributed by atoms with E-state index in [1.807, 2.05) is 48.7 Å². The van der Waals surface area contributed by atoms with Crippen molar-refractivity contribution in [3.05, 3.63) is 5.82 Å². The Labute approximate surface area is 135 Å². The van der Waals surface area contributed by atoms with Crippen LogP contribution in [0.15, 0.2) is 10.3 Å². The first kappa shape index (κ1) is 22.5. The SMILES string of the molecule is Cn1nn[n+](C)c1C(C)(C)N=NNC(C)(C)C.F[P-](F)(F)(F)(F)F. The second-order valence-electron chi connectivity index (χ2n) is 6.63. The first-order valence-electron chi connectivity index (χ1n) is 6.60. The van der Waals surface area contributed by atoms with Crippen molar-refractivity contribution in [2.75, 3.05) is 0 Å². The molecular formula is C10H22F6N7P. The number of tetrazole rings is 1. The van der Waals surface area contributed by atoms with Crippen LogP contribution in [0.5, 0.6) is 0 Å². The van der Waals surface area contributed by atoms with Crippen LogP contribution in [0, 0.1) is 0 Å². The van der Waals surface area contributed by atoms with Gasteiger partial charge in [-0.25, -0.2) is 0 Å². The molecule has 0 aliphatic rings. The van der Waals surface area contributed by atoms with Crippen LogP contribution in [0.1, 0.15) is 40.4 Å². The average molecular weight is 385 g/mol. The van der Waals surface area contributed by atoms with Gasteiger partial charge in [0.15, 0.2) is 10.8 Å². The summed E-state index contributed by atoms with van der Waals surface area (Å²) in [5, 5.41) is 16.2. The van der Waals surface area contributed by atoms with Crippen molar-refractivity contribution in [3.63, 3.8) is 0 Å². The predicted octanol–water partition coefficient (Wildman–Crippen LogP) is 4.01. The van der Waals surface area contributed by atoms with Crippen LogP contribution < -0.4 is 10.1 Å². The van der Waals surface area contributed by atoms with Crippen molar-refractivity contribution in [3.8, 4) is 0 Å². The third-order valence-electron chi connectivity index (χ3n) is 2.15. The van der Waals surface area contributed by atoms with Gasteiger partial charge in [0.05, 0.1) is 14.1 Å². The number of hydrogen-bond donors (Lipinski definition) is 1. The van der Waals surface area contributed by atoms with Gasteiger partial charge >= 0.3 is 33.0 Å². The van der Waals surface area contributed by atoms with E-state index in [0.29, 0.717) is 0 Å². The van der Waals surface area contributed by atoms with Crippen molar-refractivity contribution < 1.29 is 29.9 Å². The summed E-state index contributed by atoms with van der Waals surface area (Å²) in [5.41, 5.74) is 2.41. The van der Waals surface area contributed by atoms with Gasteiger partial charge < -0.3 is 0 Å². The minimum absolute atomic E-state index is 0.0908. The van der Waals surface area contributed by atoms with Crippen molar-refractivity contribution in [2.45, 2.75) is 45.7 Å². The van der Waals surface area contributed by atoms with Crippen LogP contribution in [-0.2, 0) is 19.6 Å². The summed E-state index contributed by atoms with van der Waals surface area (Å²) in [6.07, 6.45) is 0.